The van der Waals surface area contributed by atoms with Crippen LogP contribution in [0.25, 0.3) is 33.8 Å². The zero-order chi connectivity index (χ0) is 28.2. The molecule has 0 radical (unpaired) electrons. The fraction of sp³-hybridized carbons (Fsp3) is 0.333. The minimum Gasteiger partial charge on any atom is -0.480 e. The van der Waals surface area contributed by atoms with Crippen LogP contribution in [0.2, 0.25) is 0 Å². The first-order chi connectivity index (χ1) is 19.1. The number of aryl methyl sites for hydroxylation is 3. The van der Waals surface area contributed by atoms with Gasteiger partial charge in [-0.2, -0.15) is 23.3 Å². The first kappa shape index (κ1) is 25.7. The summed E-state index contributed by atoms with van der Waals surface area (Å²) in [5.74, 6) is 1.61. The number of alkyl halides is 3. The van der Waals surface area contributed by atoms with Crippen molar-refractivity contribution in [3.63, 3.8) is 0 Å². The highest BCUT2D eigenvalue weighted by molar-refractivity contribution is 5.85. The quantitative estimate of drug-likeness (QED) is 0.278. The molecule has 0 atom stereocenters. The number of imidazole rings is 1. The maximum absolute atomic E-state index is 13.1. The van der Waals surface area contributed by atoms with Gasteiger partial charge in [0, 0.05) is 37.5 Å². The van der Waals surface area contributed by atoms with E-state index in [0.29, 0.717) is 45.7 Å². The van der Waals surface area contributed by atoms with E-state index in [1.54, 1.807) is 36.1 Å². The number of ether oxygens (including phenoxy) is 2. The van der Waals surface area contributed by atoms with Crippen LogP contribution in [0.5, 0.6) is 11.8 Å². The Balaban J connectivity index is 1.33. The first-order valence-corrected chi connectivity index (χ1v) is 12.6. The van der Waals surface area contributed by atoms with Crippen LogP contribution < -0.4 is 9.47 Å². The second-order valence-electron chi connectivity index (χ2n) is 9.72. The fourth-order valence-corrected chi connectivity index (χ4v) is 4.60. The van der Waals surface area contributed by atoms with Crippen LogP contribution in [-0.2, 0) is 26.9 Å². The third-order valence-corrected chi connectivity index (χ3v) is 6.93. The summed E-state index contributed by atoms with van der Waals surface area (Å²) in [4.78, 5) is 22.0. The Labute approximate surface area is 226 Å². The maximum atomic E-state index is 13.1. The Hall–Kier alpha value is -4.55. The third kappa shape index (κ3) is 4.61. The van der Waals surface area contributed by atoms with Crippen LogP contribution in [0.3, 0.4) is 0 Å². The minimum atomic E-state index is -4.51. The summed E-state index contributed by atoms with van der Waals surface area (Å²) in [6.45, 7) is 2.07. The summed E-state index contributed by atoms with van der Waals surface area (Å²) in [6, 6.07) is 7.00. The van der Waals surface area contributed by atoms with Gasteiger partial charge < -0.3 is 14.0 Å². The van der Waals surface area contributed by atoms with Gasteiger partial charge in [-0.25, -0.2) is 19.9 Å². The van der Waals surface area contributed by atoms with Gasteiger partial charge in [-0.15, -0.1) is 0 Å². The van der Waals surface area contributed by atoms with Gasteiger partial charge in [-0.3, -0.25) is 4.68 Å². The fourth-order valence-electron chi connectivity index (χ4n) is 4.60. The van der Waals surface area contributed by atoms with Crippen molar-refractivity contribution in [3.8, 4) is 34.5 Å². The summed E-state index contributed by atoms with van der Waals surface area (Å²) in [6.07, 6.45) is -0.0108. The number of benzene rings is 1. The molecule has 0 aliphatic heterocycles. The molecule has 0 spiro atoms. The number of hydrogen-bond donors (Lipinski definition) is 0. The molecule has 0 N–H and O–H groups in total. The number of hydrogen-bond acceptors (Lipinski definition) is 8. The largest absolute Gasteiger partial charge is 0.480 e. The minimum absolute atomic E-state index is 0.159. The van der Waals surface area contributed by atoms with Gasteiger partial charge in [0.15, 0.2) is 17.2 Å². The highest BCUT2D eigenvalue weighted by Crippen LogP contribution is 2.45. The van der Waals surface area contributed by atoms with Crippen LogP contribution >= 0.6 is 0 Å². The SMILES string of the molecule is COc1ncnc(C2CC2)c1-c1nc(OCc2ccc(-c3nc(C(F)(F)F)cn3C)cc2)c2c(C)n(C)nc2n1. The second-order valence-corrected chi connectivity index (χ2v) is 9.72. The lowest BCUT2D eigenvalue weighted by atomic mass is 10.1. The number of rotatable bonds is 7. The molecule has 0 unspecified atom stereocenters. The average molecular weight is 551 g/mol. The van der Waals surface area contributed by atoms with E-state index in [2.05, 4.69) is 20.1 Å². The molecule has 4 heterocycles. The molecule has 5 aromatic rings. The van der Waals surface area contributed by atoms with Crippen molar-refractivity contribution in [3.05, 3.63) is 59.4 Å². The van der Waals surface area contributed by atoms with Crippen molar-refractivity contribution >= 4 is 11.0 Å². The molecular weight excluding hydrogens is 525 g/mol. The molecular formula is C27H25F3N8O2. The van der Waals surface area contributed by atoms with Crippen molar-refractivity contribution in [2.75, 3.05) is 7.11 Å². The summed E-state index contributed by atoms with van der Waals surface area (Å²) < 4.78 is 54.1. The first-order valence-electron chi connectivity index (χ1n) is 12.6. The molecule has 1 saturated carbocycles. The van der Waals surface area contributed by atoms with Gasteiger partial charge in [0.25, 0.3) is 0 Å². The van der Waals surface area contributed by atoms with E-state index in [4.69, 9.17) is 19.4 Å². The Morgan fingerprint density at radius 2 is 1.75 bits per heavy atom. The molecule has 1 aliphatic rings. The highest BCUT2D eigenvalue weighted by atomic mass is 19.4. The van der Waals surface area contributed by atoms with E-state index in [1.807, 2.05) is 14.0 Å². The molecule has 13 heteroatoms. The van der Waals surface area contributed by atoms with Gasteiger partial charge in [0.1, 0.15) is 29.7 Å². The predicted molar refractivity (Wildman–Crippen MR) is 139 cm³/mol. The summed E-state index contributed by atoms with van der Waals surface area (Å²) in [7, 11) is 4.90. The number of methoxy groups -OCH3 is 1. The van der Waals surface area contributed by atoms with E-state index in [-0.39, 0.29) is 12.4 Å². The van der Waals surface area contributed by atoms with E-state index in [0.717, 1.165) is 36.0 Å². The lowest BCUT2D eigenvalue weighted by Gasteiger charge is -2.13. The summed E-state index contributed by atoms with van der Waals surface area (Å²) in [5, 5.41) is 5.23. The van der Waals surface area contributed by atoms with Crippen molar-refractivity contribution in [1.82, 2.24) is 39.3 Å². The van der Waals surface area contributed by atoms with Gasteiger partial charge in [0.05, 0.1) is 12.8 Å². The van der Waals surface area contributed by atoms with Crippen LogP contribution in [0.15, 0.2) is 36.8 Å². The van der Waals surface area contributed by atoms with Crippen molar-refractivity contribution in [2.24, 2.45) is 14.1 Å². The zero-order valence-electron chi connectivity index (χ0n) is 22.2. The Morgan fingerprint density at radius 1 is 1.00 bits per heavy atom. The number of halogens is 3. The van der Waals surface area contributed by atoms with Crippen LogP contribution in [0.1, 0.15) is 41.4 Å². The van der Waals surface area contributed by atoms with Crippen molar-refractivity contribution in [1.29, 1.82) is 0 Å². The Morgan fingerprint density at radius 3 is 2.40 bits per heavy atom. The maximum Gasteiger partial charge on any atom is 0.434 e. The van der Waals surface area contributed by atoms with Gasteiger partial charge in [0.2, 0.25) is 11.8 Å². The highest BCUT2D eigenvalue weighted by Gasteiger charge is 2.35. The summed E-state index contributed by atoms with van der Waals surface area (Å²) >= 11 is 0. The van der Waals surface area contributed by atoms with Gasteiger partial charge in [-0.1, -0.05) is 24.3 Å². The zero-order valence-corrected chi connectivity index (χ0v) is 22.2. The van der Waals surface area contributed by atoms with Crippen LogP contribution in [-0.4, -0.2) is 46.4 Å². The Kier molecular flexibility index (Phi) is 6.15. The smallest absolute Gasteiger partial charge is 0.434 e. The average Bonchev–Trinajstić information content (AvgIpc) is 3.64. The molecule has 0 amide bonds. The molecule has 0 saturated heterocycles. The molecule has 6 rings (SSSR count). The van der Waals surface area contributed by atoms with Gasteiger partial charge in [-0.05, 0) is 25.3 Å². The number of aromatic nitrogens is 8. The topological polar surface area (TPSA) is 106 Å². The third-order valence-electron chi connectivity index (χ3n) is 6.93. The molecule has 0 bridgehead atoms. The lowest BCUT2D eigenvalue weighted by Crippen LogP contribution is -2.05. The van der Waals surface area contributed by atoms with E-state index >= 15 is 0 Å². The number of fused-ring (bicyclic) bond motifs is 1. The van der Waals surface area contributed by atoms with Crippen molar-refractivity contribution < 1.29 is 22.6 Å². The molecule has 10 nitrogen and oxygen atoms in total. The van der Waals surface area contributed by atoms with Crippen LogP contribution in [0, 0.1) is 6.92 Å². The van der Waals surface area contributed by atoms with Crippen molar-refractivity contribution in [2.45, 2.75) is 38.5 Å². The van der Waals surface area contributed by atoms with E-state index < -0.39 is 11.9 Å². The molecule has 4 aromatic heterocycles. The van der Waals surface area contributed by atoms with E-state index in [9.17, 15) is 13.2 Å². The van der Waals surface area contributed by atoms with Gasteiger partial charge >= 0.3 is 6.18 Å². The van der Waals surface area contributed by atoms with E-state index in [1.165, 1.54) is 17.9 Å². The Bertz CT molecular complexity index is 1720. The second kappa shape index (κ2) is 9.57. The van der Waals surface area contributed by atoms with Crippen LogP contribution in [0.4, 0.5) is 13.2 Å². The molecule has 40 heavy (non-hydrogen) atoms. The molecule has 1 aliphatic carbocycles. The standard InChI is InChI=1S/C27H25F3N8O2/c1-14-19-23(36-38(14)3)34-22(20-21(16-9-10-16)31-13-32-25(20)39-4)35-26(19)40-12-15-5-7-17(8-6-15)24-33-18(11-37(24)2)27(28,29)30/h5-8,11,13,16H,9-10,12H2,1-4H3. The summed E-state index contributed by atoms with van der Waals surface area (Å²) in [5.41, 5.74) is 3.18. The monoisotopic (exact) mass is 550 g/mol. The molecule has 1 fully saturated rings. The lowest BCUT2D eigenvalue weighted by molar-refractivity contribution is -0.140. The predicted octanol–water partition coefficient (Wildman–Crippen LogP) is 5.01. The number of nitrogens with zero attached hydrogens (tertiary/aromatic N) is 8. The molecule has 206 valence electrons. The molecule has 1 aromatic carbocycles. The normalized spacial score (nSPS) is 13.7.